The number of fused-ring (bicyclic) bond motifs is 1. The van der Waals surface area contributed by atoms with Crippen molar-refractivity contribution < 1.29 is 23.9 Å². The van der Waals surface area contributed by atoms with Crippen LogP contribution in [0, 0.1) is 5.92 Å². The van der Waals surface area contributed by atoms with Crippen LogP contribution >= 0.6 is 0 Å². The van der Waals surface area contributed by atoms with Gasteiger partial charge in [0.25, 0.3) is 0 Å². The van der Waals surface area contributed by atoms with Gasteiger partial charge in [-0.3, -0.25) is 4.79 Å². The zero-order chi connectivity index (χ0) is 19.4. The maximum absolute atomic E-state index is 12.6. The molecule has 2 aliphatic carbocycles. The van der Waals surface area contributed by atoms with Crippen LogP contribution in [-0.4, -0.2) is 32.4 Å². The van der Waals surface area contributed by atoms with Crippen LogP contribution in [0.15, 0.2) is 69.4 Å². The summed E-state index contributed by atoms with van der Waals surface area (Å²) in [5.74, 6) is -1.12. The number of rotatable bonds is 4. The lowest BCUT2D eigenvalue weighted by molar-refractivity contribution is -0.138. The van der Waals surface area contributed by atoms with E-state index in [1.54, 1.807) is 0 Å². The van der Waals surface area contributed by atoms with E-state index in [9.17, 15) is 14.4 Å². The van der Waals surface area contributed by atoms with Crippen molar-refractivity contribution in [2.75, 3.05) is 14.2 Å². The number of ether oxygens (including phenoxy) is 2. The van der Waals surface area contributed by atoms with Gasteiger partial charge in [0.2, 0.25) is 0 Å². The average molecular weight is 354 g/mol. The molecule has 0 fully saturated rings. The molecule has 5 heteroatoms. The predicted molar refractivity (Wildman–Crippen MR) is 98.0 cm³/mol. The molecule has 0 aromatic carbocycles. The molecule has 0 aliphatic heterocycles. The molecule has 5 nitrogen and oxygen atoms in total. The number of hydrogen-bond acceptors (Lipinski definition) is 5. The Kier molecular flexibility index (Phi) is 5.93. The van der Waals surface area contributed by atoms with E-state index in [0.717, 1.165) is 11.1 Å². The summed E-state index contributed by atoms with van der Waals surface area (Å²) in [4.78, 5) is 36.6. The minimum absolute atomic E-state index is 0.0536. The largest absolute Gasteiger partial charge is 0.465 e. The number of carbonyl (C=O) groups excluding carboxylic acids is 3. The maximum atomic E-state index is 12.6. The van der Waals surface area contributed by atoms with E-state index in [0.29, 0.717) is 23.0 Å². The van der Waals surface area contributed by atoms with Crippen molar-refractivity contribution >= 4 is 18.2 Å². The summed E-state index contributed by atoms with van der Waals surface area (Å²) in [6.07, 6.45) is 9.37. The van der Waals surface area contributed by atoms with Crippen molar-refractivity contribution in [1.82, 2.24) is 0 Å². The minimum Gasteiger partial charge on any atom is -0.465 e. The summed E-state index contributed by atoms with van der Waals surface area (Å²) < 4.78 is 9.75. The van der Waals surface area contributed by atoms with Crippen molar-refractivity contribution in [3.63, 3.8) is 0 Å². The summed E-state index contributed by atoms with van der Waals surface area (Å²) in [5.41, 5.74) is 3.35. The molecule has 2 aliphatic rings. The van der Waals surface area contributed by atoms with Crippen LogP contribution in [-0.2, 0) is 23.9 Å². The first-order chi connectivity index (χ1) is 12.3. The highest BCUT2D eigenvalue weighted by Gasteiger charge is 2.30. The third kappa shape index (κ3) is 3.52. The van der Waals surface area contributed by atoms with Gasteiger partial charge in [0.1, 0.15) is 0 Å². The summed E-state index contributed by atoms with van der Waals surface area (Å²) in [6, 6.07) is 0. The van der Waals surface area contributed by atoms with Gasteiger partial charge in [-0.2, -0.15) is 0 Å². The first-order valence-corrected chi connectivity index (χ1v) is 8.25. The molecule has 0 bridgehead atoms. The Hall–Kier alpha value is -2.95. The highest BCUT2D eigenvalue weighted by atomic mass is 16.5. The minimum atomic E-state index is -0.672. The van der Waals surface area contributed by atoms with Crippen molar-refractivity contribution in [3.8, 4) is 0 Å². The van der Waals surface area contributed by atoms with Gasteiger partial charge in [-0.15, -0.1) is 0 Å². The summed E-state index contributed by atoms with van der Waals surface area (Å²) in [6.45, 7) is 5.91. The number of aldehydes is 1. The quantitative estimate of drug-likeness (QED) is 0.573. The molecule has 0 unspecified atom stereocenters. The van der Waals surface area contributed by atoms with Crippen LogP contribution in [0.1, 0.15) is 20.8 Å². The molecular weight excluding hydrogens is 332 g/mol. The van der Waals surface area contributed by atoms with Crippen molar-refractivity contribution in [2.24, 2.45) is 5.92 Å². The van der Waals surface area contributed by atoms with Gasteiger partial charge in [-0.05, 0) is 35.6 Å². The second-order valence-electron chi connectivity index (χ2n) is 6.28. The Bertz CT molecular complexity index is 842. The van der Waals surface area contributed by atoms with Gasteiger partial charge < -0.3 is 9.47 Å². The van der Waals surface area contributed by atoms with E-state index in [-0.39, 0.29) is 17.1 Å². The van der Waals surface area contributed by atoms with Crippen molar-refractivity contribution in [2.45, 2.75) is 20.8 Å². The van der Waals surface area contributed by atoms with E-state index in [2.05, 4.69) is 0 Å². The van der Waals surface area contributed by atoms with E-state index >= 15 is 0 Å². The Morgan fingerprint density at radius 1 is 1.00 bits per heavy atom. The van der Waals surface area contributed by atoms with E-state index in [1.807, 2.05) is 39.0 Å². The Balaban J connectivity index is 2.93. The molecule has 0 amide bonds. The Morgan fingerprint density at radius 3 is 2.19 bits per heavy atom. The lowest BCUT2D eigenvalue weighted by Crippen LogP contribution is -2.16. The van der Waals surface area contributed by atoms with Gasteiger partial charge in [0.15, 0.2) is 6.29 Å². The smallest absolute Gasteiger partial charge is 0.339 e. The lowest BCUT2D eigenvalue weighted by Gasteiger charge is -2.16. The van der Waals surface area contributed by atoms with Crippen molar-refractivity contribution in [1.29, 1.82) is 0 Å². The van der Waals surface area contributed by atoms with Crippen molar-refractivity contribution in [3.05, 3.63) is 69.4 Å². The first kappa shape index (κ1) is 19.4. The number of allylic oxidation sites excluding steroid dienone is 8. The van der Waals surface area contributed by atoms with Crippen LogP contribution in [0.3, 0.4) is 0 Å². The molecule has 0 radical (unpaired) electrons. The molecule has 0 aromatic heterocycles. The molecule has 0 heterocycles. The van der Waals surface area contributed by atoms with Gasteiger partial charge in [-0.25, -0.2) is 9.59 Å². The van der Waals surface area contributed by atoms with Gasteiger partial charge >= 0.3 is 11.9 Å². The number of hydrogen-bond donors (Lipinski definition) is 0. The van der Waals surface area contributed by atoms with Crippen LogP contribution in [0.25, 0.3) is 0 Å². The Morgan fingerprint density at radius 2 is 1.65 bits per heavy atom. The fourth-order valence-corrected chi connectivity index (χ4v) is 2.90. The standard InChI is InChI=1S/C21H22O5/c1-12(2)14-7-6-13(3)18-17(10-14)15(11-22)8-9-16(20(23)25-4)19(18)21(24)26-5/h6-12H,1-5H3. The molecular formula is C21H22O5. The Labute approximate surface area is 153 Å². The molecule has 0 spiro atoms. The summed E-state index contributed by atoms with van der Waals surface area (Å²) in [7, 11) is 2.49. The molecule has 136 valence electrons. The zero-order valence-corrected chi connectivity index (χ0v) is 15.6. The first-order valence-electron chi connectivity index (χ1n) is 8.25. The molecule has 0 atom stereocenters. The highest BCUT2D eigenvalue weighted by Crippen LogP contribution is 2.37. The molecule has 2 rings (SSSR count). The van der Waals surface area contributed by atoms with Gasteiger partial charge in [0.05, 0.1) is 25.4 Å². The number of esters is 2. The van der Waals surface area contributed by atoms with E-state index in [1.165, 1.54) is 26.4 Å². The molecule has 0 saturated carbocycles. The third-order valence-electron chi connectivity index (χ3n) is 4.35. The van der Waals surface area contributed by atoms with Crippen LogP contribution in [0.5, 0.6) is 0 Å². The molecule has 0 saturated heterocycles. The molecule has 26 heavy (non-hydrogen) atoms. The number of carbonyl (C=O) groups is 3. The van der Waals surface area contributed by atoms with Gasteiger partial charge in [0, 0.05) is 11.1 Å². The SMILES string of the molecule is COC(=O)C1=C(C(=O)OC)C2=C(C)C=CC(C(C)C)=CC2=C(C=O)C=C1. The average Bonchev–Trinajstić information content (AvgIpc) is 2.89. The summed E-state index contributed by atoms with van der Waals surface area (Å²) >= 11 is 0. The molecule has 0 N–H and O–H groups in total. The fourth-order valence-electron chi connectivity index (χ4n) is 2.90. The highest BCUT2D eigenvalue weighted by molar-refractivity contribution is 6.08. The van der Waals surface area contributed by atoms with Crippen LogP contribution in [0.4, 0.5) is 0 Å². The zero-order valence-electron chi connectivity index (χ0n) is 15.6. The van der Waals surface area contributed by atoms with Crippen LogP contribution in [0.2, 0.25) is 0 Å². The predicted octanol–water partition coefficient (Wildman–Crippen LogP) is 3.16. The number of methoxy groups -OCH3 is 2. The fraction of sp³-hybridized carbons (Fsp3) is 0.286. The normalized spacial score (nSPS) is 16.9. The van der Waals surface area contributed by atoms with E-state index in [4.69, 9.17) is 9.47 Å². The maximum Gasteiger partial charge on any atom is 0.339 e. The summed E-state index contributed by atoms with van der Waals surface area (Å²) in [5, 5.41) is 0. The van der Waals surface area contributed by atoms with Gasteiger partial charge in [-0.1, -0.05) is 38.2 Å². The monoisotopic (exact) mass is 354 g/mol. The molecule has 0 aromatic rings. The third-order valence-corrected chi connectivity index (χ3v) is 4.35. The second-order valence-corrected chi connectivity index (χ2v) is 6.28. The van der Waals surface area contributed by atoms with E-state index < -0.39 is 11.9 Å². The topological polar surface area (TPSA) is 69.7 Å². The van der Waals surface area contributed by atoms with Crippen LogP contribution < -0.4 is 0 Å². The second kappa shape index (κ2) is 7.95. The lowest BCUT2D eigenvalue weighted by atomic mass is 9.88.